The van der Waals surface area contributed by atoms with Crippen LogP contribution in [0.3, 0.4) is 0 Å². The number of hydrogen-bond donors (Lipinski definition) is 0. The van der Waals surface area contributed by atoms with Gasteiger partial charge >= 0.3 is 0 Å². The van der Waals surface area contributed by atoms with Crippen LogP contribution in [-0.2, 0) is 0 Å². The van der Waals surface area contributed by atoms with E-state index in [1.165, 1.54) is 24.6 Å². The number of rotatable bonds is 1. The fourth-order valence-electron chi connectivity index (χ4n) is 1.09. The summed E-state index contributed by atoms with van der Waals surface area (Å²) in [5, 5.41) is 8.31. The minimum absolute atomic E-state index is 0.481. The fourth-order valence-corrected chi connectivity index (χ4v) is 2.00. The van der Waals surface area contributed by atoms with Gasteiger partial charge in [0.25, 0.3) is 0 Å². The van der Waals surface area contributed by atoms with E-state index < -0.39 is 0 Å². The summed E-state index contributed by atoms with van der Waals surface area (Å²) in [6, 6.07) is 2.07. The number of likely N-dealkylation sites (tertiary alicyclic amines) is 1. The first-order valence-corrected chi connectivity index (χ1v) is 5.02. The lowest BCUT2D eigenvalue weighted by Crippen LogP contribution is -2.23. The molecule has 0 aromatic rings. The van der Waals surface area contributed by atoms with Crippen LogP contribution in [0.15, 0.2) is 0 Å². The third-order valence-electron chi connectivity index (χ3n) is 1.62. The minimum atomic E-state index is 0.481. The second-order valence-electron chi connectivity index (χ2n) is 2.41. The summed E-state index contributed by atoms with van der Waals surface area (Å²) in [6.45, 7) is 2.16. The summed E-state index contributed by atoms with van der Waals surface area (Å²) < 4.78 is 0.893. The van der Waals surface area contributed by atoms with Gasteiger partial charge in [0.1, 0.15) is 4.32 Å². The van der Waals surface area contributed by atoms with Crippen LogP contribution in [0.5, 0.6) is 0 Å². The molecular weight excluding hydrogens is 176 g/mol. The van der Waals surface area contributed by atoms with Gasteiger partial charge in [0.2, 0.25) is 0 Å². The molecule has 1 rings (SSSR count). The maximum absolute atomic E-state index is 8.31. The number of hydrogen-bond acceptors (Lipinski definition) is 3. The van der Waals surface area contributed by atoms with Crippen molar-refractivity contribution in [3.63, 3.8) is 0 Å². The Morgan fingerprint density at radius 2 is 2.18 bits per heavy atom. The Hall–Kier alpha value is -0.270. The summed E-state index contributed by atoms with van der Waals surface area (Å²) in [4.78, 5) is 2.18. The van der Waals surface area contributed by atoms with Crippen LogP contribution in [0, 0.1) is 11.3 Å². The first-order chi connectivity index (χ1) is 5.34. The molecule has 0 radical (unpaired) electrons. The molecule has 1 aliphatic heterocycles. The Kier molecular flexibility index (Phi) is 3.67. The van der Waals surface area contributed by atoms with E-state index in [1.807, 2.05) is 0 Å². The van der Waals surface area contributed by atoms with E-state index in [2.05, 4.69) is 11.0 Å². The topological polar surface area (TPSA) is 27.0 Å². The lowest BCUT2D eigenvalue weighted by atomic mass is 10.4. The van der Waals surface area contributed by atoms with Crippen LogP contribution in [0.4, 0.5) is 0 Å². The molecule has 0 unspecified atom stereocenters. The van der Waals surface area contributed by atoms with Crippen molar-refractivity contribution in [2.45, 2.75) is 12.8 Å². The Morgan fingerprint density at radius 1 is 1.55 bits per heavy atom. The third kappa shape index (κ3) is 2.68. The average molecular weight is 186 g/mol. The molecule has 1 heterocycles. The van der Waals surface area contributed by atoms with Crippen LogP contribution >= 0.6 is 24.0 Å². The van der Waals surface area contributed by atoms with Gasteiger partial charge in [-0.15, -0.1) is 0 Å². The second-order valence-corrected chi connectivity index (χ2v) is 4.02. The Labute approximate surface area is 76.6 Å². The van der Waals surface area contributed by atoms with Gasteiger partial charge in [-0.2, -0.15) is 5.26 Å². The quantitative estimate of drug-likeness (QED) is 0.582. The molecule has 1 fully saturated rings. The highest BCUT2D eigenvalue weighted by Crippen LogP contribution is 2.15. The van der Waals surface area contributed by atoms with Crippen LogP contribution in [-0.4, -0.2) is 28.1 Å². The zero-order chi connectivity index (χ0) is 8.10. The highest BCUT2D eigenvalue weighted by Gasteiger charge is 2.14. The maximum Gasteiger partial charge on any atom is 0.137 e. The Morgan fingerprint density at radius 3 is 2.73 bits per heavy atom. The molecule has 0 aromatic carbocycles. The predicted octanol–water partition coefficient (Wildman–Crippen LogP) is 1.62. The molecule has 0 amide bonds. The van der Waals surface area contributed by atoms with Crippen molar-refractivity contribution in [1.82, 2.24) is 4.90 Å². The molecule has 1 aliphatic rings. The number of thioether (sulfide) groups is 1. The maximum atomic E-state index is 8.31. The molecule has 0 aliphatic carbocycles. The number of nitriles is 1. The van der Waals surface area contributed by atoms with Crippen molar-refractivity contribution in [1.29, 1.82) is 5.26 Å². The van der Waals surface area contributed by atoms with Crippen LogP contribution in [0.1, 0.15) is 12.8 Å². The minimum Gasteiger partial charge on any atom is -0.357 e. The van der Waals surface area contributed by atoms with Gasteiger partial charge in [-0.3, -0.25) is 0 Å². The van der Waals surface area contributed by atoms with Crippen LogP contribution in [0.25, 0.3) is 0 Å². The number of nitrogens with zero attached hydrogens (tertiary/aromatic N) is 2. The summed E-state index contributed by atoms with van der Waals surface area (Å²) >= 11 is 6.59. The van der Waals surface area contributed by atoms with Gasteiger partial charge in [0.15, 0.2) is 0 Å². The van der Waals surface area contributed by atoms with E-state index in [1.54, 1.807) is 0 Å². The van der Waals surface area contributed by atoms with Crippen molar-refractivity contribution in [3.05, 3.63) is 0 Å². The van der Waals surface area contributed by atoms with Gasteiger partial charge in [-0.1, -0.05) is 24.0 Å². The van der Waals surface area contributed by atoms with Crippen molar-refractivity contribution in [2.75, 3.05) is 18.8 Å². The van der Waals surface area contributed by atoms with Crippen molar-refractivity contribution in [3.8, 4) is 6.07 Å². The van der Waals surface area contributed by atoms with E-state index >= 15 is 0 Å². The second kappa shape index (κ2) is 4.58. The summed E-state index contributed by atoms with van der Waals surface area (Å²) in [7, 11) is 0. The van der Waals surface area contributed by atoms with Gasteiger partial charge in [-0.25, -0.2) is 0 Å². The highest BCUT2D eigenvalue weighted by molar-refractivity contribution is 8.23. The van der Waals surface area contributed by atoms with Gasteiger partial charge in [0.05, 0.1) is 11.8 Å². The van der Waals surface area contributed by atoms with Crippen molar-refractivity contribution in [2.24, 2.45) is 0 Å². The van der Waals surface area contributed by atoms with Crippen molar-refractivity contribution < 1.29 is 0 Å². The van der Waals surface area contributed by atoms with E-state index in [-0.39, 0.29) is 0 Å². The Bertz CT molecular complexity index is 179. The molecular formula is C7H10N2S2. The molecule has 60 valence electrons. The Balaban J connectivity index is 2.24. The van der Waals surface area contributed by atoms with E-state index in [4.69, 9.17) is 17.5 Å². The normalized spacial score (nSPS) is 16.5. The molecule has 0 aromatic heterocycles. The van der Waals surface area contributed by atoms with Gasteiger partial charge in [0, 0.05) is 13.1 Å². The van der Waals surface area contributed by atoms with Crippen LogP contribution in [0.2, 0.25) is 0 Å². The monoisotopic (exact) mass is 186 g/mol. The highest BCUT2D eigenvalue weighted by atomic mass is 32.2. The summed E-state index contributed by atoms with van der Waals surface area (Å²) in [5.41, 5.74) is 0. The van der Waals surface area contributed by atoms with E-state index in [0.29, 0.717) is 5.75 Å². The molecule has 4 heteroatoms. The van der Waals surface area contributed by atoms with E-state index in [9.17, 15) is 0 Å². The fraction of sp³-hybridized carbons (Fsp3) is 0.714. The molecule has 0 atom stereocenters. The average Bonchev–Trinajstić information content (AvgIpc) is 2.52. The molecule has 0 bridgehead atoms. The van der Waals surface area contributed by atoms with Gasteiger partial charge in [-0.05, 0) is 12.8 Å². The van der Waals surface area contributed by atoms with E-state index in [0.717, 1.165) is 17.4 Å². The molecule has 0 N–H and O–H groups in total. The molecule has 1 saturated heterocycles. The lowest BCUT2D eigenvalue weighted by molar-refractivity contribution is 0.539. The lowest BCUT2D eigenvalue weighted by Gasteiger charge is -2.15. The first kappa shape index (κ1) is 8.82. The molecule has 2 nitrogen and oxygen atoms in total. The smallest absolute Gasteiger partial charge is 0.137 e. The van der Waals surface area contributed by atoms with Crippen LogP contribution < -0.4 is 0 Å². The third-order valence-corrected chi connectivity index (χ3v) is 3.01. The zero-order valence-electron chi connectivity index (χ0n) is 6.25. The first-order valence-electron chi connectivity index (χ1n) is 3.63. The molecule has 11 heavy (non-hydrogen) atoms. The standard InChI is InChI=1S/C7H10N2S2/c8-3-6-11-7(10)9-4-1-2-5-9/h1-2,4-6H2. The zero-order valence-corrected chi connectivity index (χ0v) is 7.88. The molecule has 0 spiro atoms. The molecule has 0 saturated carbocycles. The number of thiocarbonyl (C=S) groups is 1. The summed E-state index contributed by atoms with van der Waals surface area (Å²) in [5.74, 6) is 0.481. The van der Waals surface area contributed by atoms with Crippen molar-refractivity contribution >= 4 is 28.3 Å². The van der Waals surface area contributed by atoms with Gasteiger partial charge < -0.3 is 4.90 Å². The largest absolute Gasteiger partial charge is 0.357 e. The summed E-state index contributed by atoms with van der Waals surface area (Å²) in [6.07, 6.45) is 2.49. The predicted molar refractivity (Wildman–Crippen MR) is 51.5 cm³/mol. The SMILES string of the molecule is N#CCSC(=S)N1CCCC1.